The Morgan fingerprint density at radius 2 is 2.22 bits per heavy atom. The molecule has 1 N–H and O–H groups in total. The van der Waals surface area contributed by atoms with Gasteiger partial charge in [-0.3, -0.25) is 4.79 Å². The van der Waals surface area contributed by atoms with Gasteiger partial charge in [-0.25, -0.2) is 9.78 Å². The van der Waals surface area contributed by atoms with Crippen molar-refractivity contribution in [3.05, 3.63) is 11.2 Å². The quantitative estimate of drug-likeness (QED) is 0.680. The number of imidazole rings is 1. The molecule has 0 amide bonds. The molecular formula is C10H10N2O4S2. The van der Waals surface area contributed by atoms with Gasteiger partial charge in [0.05, 0.1) is 36.0 Å². The van der Waals surface area contributed by atoms with Gasteiger partial charge < -0.3 is 14.5 Å². The molecule has 2 heterocycles. The Labute approximate surface area is 111 Å². The third kappa shape index (κ3) is 2.34. The predicted octanol–water partition coefficient (Wildman–Crippen LogP) is 1.68. The Kier molecular flexibility index (Phi) is 3.87. The van der Waals surface area contributed by atoms with Crippen LogP contribution in [0.1, 0.15) is 9.67 Å². The van der Waals surface area contributed by atoms with Crippen LogP contribution < -0.4 is 0 Å². The van der Waals surface area contributed by atoms with E-state index in [4.69, 9.17) is 4.74 Å². The fourth-order valence-electron chi connectivity index (χ4n) is 1.33. The van der Waals surface area contributed by atoms with Crippen molar-refractivity contribution in [3.63, 3.8) is 0 Å². The molecule has 0 saturated carbocycles. The summed E-state index contributed by atoms with van der Waals surface area (Å²) in [5.41, 5.74) is 1.31. The molecule has 0 saturated heterocycles. The van der Waals surface area contributed by atoms with Crippen LogP contribution >= 0.6 is 23.1 Å². The highest BCUT2D eigenvalue weighted by atomic mass is 32.2. The molecule has 2 aromatic heterocycles. The largest absolute Gasteiger partial charge is 0.468 e. The first kappa shape index (κ1) is 12.9. The number of rotatable bonds is 4. The molecule has 0 spiro atoms. The number of hydrogen-bond donors (Lipinski definition) is 1. The van der Waals surface area contributed by atoms with Crippen molar-refractivity contribution in [3.8, 4) is 0 Å². The van der Waals surface area contributed by atoms with Crippen molar-refractivity contribution < 1.29 is 19.1 Å². The van der Waals surface area contributed by atoms with Crippen molar-refractivity contribution in [2.75, 3.05) is 20.0 Å². The molecule has 6 nitrogen and oxygen atoms in total. The smallest absolute Gasteiger partial charge is 0.350 e. The second kappa shape index (κ2) is 5.40. The highest BCUT2D eigenvalue weighted by Crippen LogP contribution is 2.36. The molecule has 0 aliphatic heterocycles. The maximum Gasteiger partial charge on any atom is 0.350 e. The molecular weight excluding hydrogens is 276 g/mol. The van der Waals surface area contributed by atoms with Gasteiger partial charge in [0.2, 0.25) is 0 Å². The minimum Gasteiger partial charge on any atom is -0.468 e. The monoisotopic (exact) mass is 286 g/mol. The van der Waals surface area contributed by atoms with Crippen LogP contribution in [-0.4, -0.2) is 41.9 Å². The number of thiophene rings is 1. The molecule has 0 aromatic carbocycles. The summed E-state index contributed by atoms with van der Waals surface area (Å²) in [7, 11) is 2.66. The van der Waals surface area contributed by atoms with Gasteiger partial charge in [-0.15, -0.1) is 23.1 Å². The van der Waals surface area contributed by atoms with E-state index < -0.39 is 5.97 Å². The van der Waals surface area contributed by atoms with Gasteiger partial charge in [-0.2, -0.15) is 0 Å². The third-order valence-corrected chi connectivity index (χ3v) is 4.58. The number of nitrogens with one attached hydrogen (secondary N) is 1. The molecule has 0 bridgehead atoms. The number of thioether (sulfide) groups is 1. The fourth-order valence-corrected chi connectivity index (χ4v) is 3.52. The molecule has 0 radical (unpaired) electrons. The molecule has 8 heteroatoms. The molecule has 0 unspecified atom stereocenters. The zero-order valence-electron chi connectivity index (χ0n) is 9.68. The molecule has 0 aliphatic carbocycles. The van der Waals surface area contributed by atoms with Crippen molar-refractivity contribution in [1.82, 2.24) is 9.97 Å². The van der Waals surface area contributed by atoms with Crippen LogP contribution in [0.3, 0.4) is 0 Å². The Morgan fingerprint density at radius 3 is 2.89 bits per heavy atom. The number of esters is 2. The first-order valence-corrected chi connectivity index (χ1v) is 6.71. The van der Waals surface area contributed by atoms with E-state index in [1.165, 1.54) is 43.6 Å². The van der Waals surface area contributed by atoms with Crippen LogP contribution in [0, 0.1) is 0 Å². The van der Waals surface area contributed by atoms with Gasteiger partial charge in [0.25, 0.3) is 0 Å². The van der Waals surface area contributed by atoms with Gasteiger partial charge in [-0.1, -0.05) is 0 Å². The lowest BCUT2D eigenvalue weighted by molar-refractivity contribution is -0.137. The Morgan fingerprint density at radius 1 is 1.44 bits per heavy atom. The fraction of sp³-hybridized carbons (Fsp3) is 0.300. The normalized spacial score (nSPS) is 10.6. The van der Waals surface area contributed by atoms with E-state index in [0.29, 0.717) is 10.4 Å². The number of hydrogen-bond acceptors (Lipinski definition) is 7. The molecule has 0 fully saturated rings. The van der Waals surface area contributed by atoms with E-state index in [0.717, 1.165) is 9.73 Å². The maximum absolute atomic E-state index is 11.6. The molecule has 96 valence electrons. The topological polar surface area (TPSA) is 81.3 Å². The summed E-state index contributed by atoms with van der Waals surface area (Å²) in [5.74, 6) is -0.561. The van der Waals surface area contributed by atoms with Crippen LogP contribution in [0.5, 0.6) is 0 Å². The summed E-state index contributed by atoms with van der Waals surface area (Å²) in [4.78, 5) is 30.1. The minimum absolute atomic E-state index is 0.186. The van der Waals surface area contributed by atoms with Crippen molar-refractivity contribution in [1.29, 1.82) is 0 Å². The number of aromatic amines is 1. The molecule has 0 aliphatic rings. The maximum atomic E-state index is 11.6. The average molecular weight is 286 g/mol. The number of aromatic nitrogens is 2. The summed E-state index contributed by atoms with van der Waals surface area (Å²) in [5, 5.41) is 0. The summed E-state index contributed by atoms with van der Waals surface area (Å²) in [6, 6.07) is 0. The summed E-state index contributed by atoms with van der Waals surface area (Å²) in [6.45, 7) is 0. The standard InChI is InChI=1S/C10H10N2O4S2/c1-15-5(13)3-17-10-7-6(11-4-12-7)8(18-10)9(14)16-2/h4H,3H2,1-2H3,(H,11,12). The summed E-state index contributed by atoms with van der Waals surface area (Å²) >= 11 is 2.55. The lowest BCUT2D eigenvalue weighted by Crippen LogP contribution is -2.02. The van der Waals surface area contributed by atoms with E-state index in [9.17, 15) is 9.59 Å². The van der Waals surface area contributed by atoms with Crippen molar-refractivity contribution in [2.24, 2.45) is 0 Å². The molecule has 18 heavy (non-hydrogen) atoms. The van der Waals surface area contributed by atoms with Crippen LogP contribution in [0.4, 0.5) is 0 Å². The first-order valence-electron chi connectivity index (χ1n) is 4.91. The van der Waals surface area contributed by atoms with Crippen LogP contribution in [0.2, 0.25) is 0 Å². The van der Waals surface area contributed by atoms with E-state index in [1.54, 1.807) is 0 Å². The zero-order chi connectivity index (χ0) is 13.1. The number of methoxy groups -OCH3 is 2. The Balaban J connectivity index is 2.31. The highest BCUT2D eigenvalue weighted by molar-refractivity contribution is 8.02. The Hall–Kier alpha value is -1.54. The zero-order valence-corrected chi connectivity index (χ0v) is 11.3. The lowest BCUT2D eigenvalue weighted by atomic mass is 10.4. The van der Waals surface area contributed by atoms with Crippen molar-refractivity contribution >= 4 is 46.1 Å². The molecule has 0 atom stereocenters. The average Bonchev–Trinajstić information content (AvgIpc) is 2.97. The number of carbonyl (C=O) groups is 2. The van der Waals surface area contributed by atoms with Gasteiger partial charge in [0, 0.05) is 0 Å². The van der Waals surface area contributed by atoms with Crippen molar-refractivity contribution in [2.45, 2.75) is 4.21 Å². The van der Waals surface area contributed by atoms with E-state index in [1.807, 2.05) is 0 Å². The third-order valence-electron chi connectivity index (χ3n) is 2.17. The number of nitrogens with zero attached hydrogens (tertiary/aromatic N) is 1. The Bertz CT molecular complexity index is 590. The molecule has 2 aromatic rings. The van der Waals surface area contributed by atoms with Crippen LogP contribution in [-0.2, 0) is 14.3 Å². The lowest BCUT2D eigenvalue weighted by Gasteiger charge is -1.96. The number of fused-ring (bicyclic) bond motifs is 1. The summed E-state index contributed by atoms with van der Waals surface area (Å²) in [6.07, 6.45) is 1.51. The van der Waals surface area contributed by atoms with Gasteiger partial charge in [0.1, 0.15) is 10.4 Å². The number of H-pyrrole nitrogens is 1. The number of carbonyl (C=O) groups excluding carboxylic acids is 2. The second-order valence-electron chi connectivity index (χ2n) is 3.20. The van der Waals surface area contributed by atoms with Gasteiger partial charge >= 0.3 is 11.9 Å². The second-order valence-corrected chi connectivity index (χ2v) is 5.47. The van der Waals surface area contributed by atoms with Crippen LogP contribution in [0.25, 0.3) is 11.0 Å². The first-order chi connectivity index (χ1) is 8.67. The van der Waals surface area contributed by atoms with Crippen LogP contribution in [0.15, 0.2) is 10.5 Å². The van der Waals surface area contributed by atoms with E-state index >= 15 is 0 Å². The van der Waals surface area contributed by atoms with E-state index in [-0.39, 0.29) is 11.7 Å². The number of ether oxygens (including phenoxy) is 2. The minimum atomic E-state index is -0.429. The SMILES string of the molecule is COC(=O)CSc1sc(C(=O)OC)c2nc[nH]c12. The molecule has 2 rings (SSSR count). The summed E-state index contributed by atoms with van der Waals surface area (Å²) < 4.78 is 10.1. The van der Waals surface area contributed by atoms with Gasteiger partial charge in [-0.05, 0) is 0 Å². The highest BCUT2D eigenvalue weighted by Gasteiger charge is 2.20. The predicted molar refractivity (Wildman–Crippen MR) is 68.1 cm³/mol. The van der Waals surface area contributed by atoms with E-state index in [2.05, 4.69) is 14.7 Å². The van der Waals surface area contributed by atoms with Gasteiger partial charge in [0.15, 0.2) is 0 Å².